The fourth-order valence-electron chi connectivity index (χ4n) is 1.37. The standard InChI is InChI=1S/C7H12N2O4/c8-4-1-6(11)9(2-4)5(3-10)7(12)13/h4-5,10H,1-3,8H2,(H,12,13)/t4?,5-/m0/s1. The summed E-state index contributed by atoms with van der Waals surface area (Å²) in [6.07, 6.45) is 0.157. The third-order valence-electron chi connectivity index (χ3n) is 2.02. The van der Waals surface area contributed by atoms with Crippen LogP contribution in [0.25, 0.3) is 0 Å². The first kappa shape index (κ1) is 9.94. The van der Waals surface area contributed by atoms with Crippen molar-refractivity contribution in [2.45, 2.75) is 18.5 Å². The molecule has 0 aliphatic carbocycles. The minimum atomic E-state index is -1.20. The highest BCUT2D eigenvalue weighted by Gasteiger charge is 2.35. The zero-order valence-corrected chi connectivity index (χ0v) is 7.01. The summed E-state index contributed by atoms with van der Waals surface area (Å²) in [5.74, 6) is -1.51. The maximum Gasteiger partial charge on any atom is 0.328 e. The number of carbonyl (C=O) groups is 2. The molecule has 1 fully saturated rings. The first-order chi connectivity index (χ1) is 6.06. The lowest BCUT2D eigenvalue weighted by atomic mass is 10.3. The number of aliphatic hydroxyl groups is 1. The van der Waals surface area contributed by atoms with E-state index < -0.39 is 18.6 Å². The molecule has 2 atom stereocenters. The van der Waals surface area contributed by atoms with Gasteiger partial charge in [-0.05, 0) is 0 Å². The van der Waals surface area contributed by atoms with E-state index in [1.165, 1.54) is 0 Å². The van der Waals surface area contributed by atoms with Crippen LogP contribution < -0.4 is 5.73 Å². The van der Waals surface area contributed by atoms with E-state index >= 15 is 0 Å². The van der Waals surface area contributed by atoms with E-state index in [0.717, 1.165) is 4.90 Å². The predicted octanol–water partition coefficient (Wildman–Crippen LogP) is -2.01. The van der Waals surface area contributed by atoms with Gasteiger partial charge in [-0.3, -0.25) is 4.79 Å². The van der Waals surface area contributed by atoms with E-state index in [0.29, 0.717) is 0 Å². The van der Waals surface area contributed by atoms with Gasteiger partial charge in [0.25, 0.3) is 0 Å². The number of aliphatic hydroxyl groups excluding tert-OH is 1. The Bertz CT molecular complexity index is 231. The maximum atomic E-state index is 11.2. The van der Waals surface area contributed by atoms with Crippen molar-refractivity contribution in [2.24, 2.45) is 5.73 Å². The summed E-state index contributed by atoms with van der Waals surface area (Å²) in [7, 11) is 0. The van der Waals surface area contributed by atoms with E-state index in [9.17, 15) is 9.59 Å². The second kappa shape index (κ2) is 3.71. The largest absolute Gasteiger partial charge is 0.480 e. The second-order valence-corrected chi connectivity index (χ2v) is 3.05. The Labute approximate surface area is 74.9 Å². The van der Waals surface area contributed by atoms with Crippen LogP contribution in [0.4, 0.5) is 0 Å². The van der Waals surface area contributed by atoms with Crippen LogP contribution in [0, 0.1) is 0 Å². The molecule has 0 saturated carbocycles. The molecule has 13 heavy (non-hydrogen) atoms. The lowest BCUT2D eigenvalue weighted by Gasteiger charge is -2.22. The number of hydrogen-bond acceptors (Lipinski definition) is 4. The van der Waals surface area contributed by atoms with Crippen molar-refractivity contribution in [1.29, 1.82) is 0 Å². The van der Waals surface area contributed by atoms with Crippen molar-refractivity contribution in [3.8, 4) is 0 Å². The normalized spacial score (nSPS) is 24.9. The number of carbonyl (C=O) groups excluding carboxylic acids is 1. The van der Waals surface area contributed by atoms with Crippen molar-refractivity contribution in [1.82, 2.24) is 4.90 Å². The molecule has 1 rings (SSSR count). The quantitative estimate of drug-likeness (QED) is 0.475. The van der Waals surface area contributed by atoms with Crippen LogP contribution in [0.3, 0.4) is 0 Å². The lowest BCUT2D eigenvalue weighted by molar-refractivity contribution is -0.149. The van der Waals surface area contributed by atoms with Crippen molar-refractivity contribution in [3.05, 3.63) is 0 Å². The highest BCUT2D eigenvalue weighted by atomic mass is 16.4. The van der Waals surface area contributed by atoms with E-state index in [1.807, 2.05) is 0 Å². The number of hydrogen-bond donors (Lipinski definition) is 3. The molecule has 0 spiro atoms. The van der Waals surface area contributed by atoms with Crippen LogP contribution in [-0.2, 0) is 9.59 Å². The van der Waals surface area contributed by atoms with E-state index in [2.05, 4.69) is 0 Å². The highest BCUT2D eigenvalue weighted by Crippen LogP contribution is 2.12. The minimum Gasteiger partial charge on any atom is -0.480 e. The smallest absolute Gasteiger partial charge is 0.328 e. The molecule has 6 nitrogen and oxygen atoms in total. The minimum absolute atomic E-state index is 0.157. The Balaban J connectivity index is 2.69. The number of carboxylic acids is 1. The molecule has 1 aliphatic rings. The Hall–Kier alpha value is -1.14. The fourth-order valence-corrected chi connectivity index (χ4v) is 1.37. The molecule has 0 bridgehead atoms. The molecule has 6 heteroatoms. The van der Waals surface area contributed by atoms with E-state index in [4.69, 9.17) is 15.9 Å². The average Bonchev–Trinajstić information content (AvgIpc) is 2.31. The SMILES string of the molecule is NC1CC(=O)N([C@@H](CO)C(=O)O)C1. The summed E-state index contributed by atoms with van der Waals surface area (Å²) in [4.78, 5) is 22.8. The monoisotopic (exact) mass is 188 g/mol. The zero-order chi connectivity index (χ0) is 10.0. The molecule has 0 aromatic heterocycles. The van der Waals surface area contributed by atoms with Gasteiger partial charge in [0.2, 0.25) is 5.91 Å². The van der Waals surface area contributed by atoms with Gasteiger partial charge in [0.15, 0.2) is 6.04 Å². The molecular formula is C7H12N2O4. The number of nitrogens with zero attached hydrogens (tertiary/aromatic N) is 1. The number of aliphatic carboxylic acids is 1. The van der Waals surface area contributed by atoms with Crippen molar-refractivity contribution in [3.63, 3.8) is 0 Å². The van der Waals surface area contributed by atoms with Crippen LogP contribution >= 0.6 is 0 Å². The molecule has 1 heterocycles. The van der Waals surface area contributed by atoms with Crippen molar-refractivity contribution < 1.29 is 19.8 Å². The highest BCUT2D eigenvalue weighted by molar-refractivity contribution is 5.85. The van der Waals surface area contributed by atoms with Gasteiger partial charge in [-0.1, -0.05) is 0 Å². The first-order valence-electron chi connectivity index (χ1n) is 3.95. The average molecular weight is 188 g/mol. The van der Waals surface area contributed by atoms with Crippen LogP contribution in [0.5, 0.6) is 0 Å². The van der Waals surface area contributed by atoms with Gasteiger partial charge in [0.05, 0.1) is 6.61 Å². The summed E-state index contributed by atoms with van der Waals surface area (Å²) in [5, 5.41) is 17.4. The third-order valence-corrected chi connectivity index (χ3v) is 2.02. The van der Waals surface area contributed by atoms with Gasteiger partial charge >= 0.3 is 5.97 Å². The fraction of sp³-hybridized carbons (Fsp3) is 0.714. The lowest BCUT2D eigenvalue weighted by Crippen LogP contribution is -2.45. The molecule has 1 aliphatic heterocycles. The van der Waals surface area contributed by atoms with Gasteiger partial charge < -0.3 is 20.8 Å². The summed E-state index contributed by atoms with van der Waals surface area (Å²) < 4.78 is 0. The predicted molar refractivity (Wildman–Crippen MR) is 42.8 cm³/mol. The third kappa shape index (κ3) is 1.96. The van der Waals surface area contributed by atoms with Crippen LogP contribution in [0.2, 0.25) is 0 Å². The Morgan fingerprint density at radius 2 is 2.38 bits per heavy atom. The molecule has 0 aromatic carbocycles. The van der Waals surface area contributed by atoms with Crippen LogP contribution in [0.1, 0.15) is 6.42 Å². The number of rotatable bonds is 3. The molecule has 0 aromatic rings. The van der Waals surface area contributed by atoms with Crippen LogP contribution in [0.15, 0.2) is 0 Å². The van der Waals surface area contributed by atoms with Gasteiger partial charge in [-0.2, -0.15) is 0 Å². The number of likely N-dealkylation sites (tertiary alicyclic amines) is 1. The number of carboxylic acid groups (broad SMARTS) is 1. The van der Waals surface area contributed by atoms with E-state index in [-0.39, 0.29) is 24.9 Å². The Kier molecular flexibility index (Phi) is 2.84. The molecule has 4 N–H and O–H groups in total. The molecule has 1 amide bonds. The Morgan fingerprint density at radius 3 is 2.69 bits per heavy atom. The first-order valence-corrected chi connectivity index (χ1v) is 3.95. The summed E-state index contributed by atoms with van der Waals surface area (Å²) in [5.41, 5.74) is 5.47. The van der Waals surface area contributed by atoms with Crippen LogP contribution in [-0.4, -0.2) is 52.2 Å². The van der Waals surface area contributed by atoms with Gasteiger partial charge in [-0.15, -0.1) is 0 Å². The molecular weight excluding hydrogens is 176 g/mol. The number of nitrogens with two attached hydrogens (primary N) is 1. The maximum absolute atomic E-state index is 11.2. The number of amides is 1. The second-order valence-electron chi connectivity index (χ2n) is 3.05. The Morgan fingerprint density at radius 1 is 1.77 bits per heavy atom. The molecule has 1 unspecified atom stereocenters. The molecule has 0 radical (unpaired) electrons. The zero-order valence-electron chi connectivity index (χ0n) is 7.01. The topological polar surface area (TPSA) is 104 Å². The summed E-state index contributed by atoms with van der Waals surface area (Å²) >= 11 is 0. The summed E-state index contributed by atoms with van der Waals surface area (Å²) in [6.45, 7) is -0.371. The van der Waals surface area contributed by atoms with Gasteiger partial charge in [0.1, 0.15) is 0 Å². The van der Waals surface area contributed by atoms with Crippen molar-refractivity contribution in [2.75, 3.05) is 13.2 Å². The van der Waals surface area contributed by atoms with E-state index in [1.54, 1.807) is 0 Å². The molecule has 1 saturated heterocycles. The van der Waals surface area contributed by atoms with Gasteiger partial charge in [0, 0.05) is 19.0 Å². The van der Waals surface area contributed by atoms with Crippen molar-refractivity contribution >= 4 is 11.9 Å². The van der Waals surface area contributed by atoms with Gasteiger partial charge in [-0.25, -0.2) is 4.79 Å². The molecule has 74 valence electrons. The summed E-state index contributed by atoms with van der Waals surface area (Å²) in [6, 6.07) is -1.47.